The summed E-state index contributed by atoms with van der Waals surface area (Å²) in [6.45, 7) is 1.86. The molecule has 0 saturated carbocycles. The molecule has 104 valence electrons. The van der Waals surface area contributed by atoms with Crippen molar-refractivity contribution < 1.29 is 4.79 Å². The summed E-state index contributed by atoms with van der Waals surface area (Å²) in [5.74, 6) is -0.109. The van der Waals surface area contributed by atoms with E-state index < -0.39 is 0 Å². The van der Waals surface area contributed by atoms with E-state index in [2.05, 4.69) is 21.7 Å². The number of amides is 1. The second-order valence-corrected chi connectivity index (χ2v) is 5.89. The molecule has 0 aliphatic carbocycles. The van der Waals surface area contributed by atoms with E-state index in [1.807, 2.05) is 23.5 Å². The molecule has 1 aliphatic rings. The Bertz CT molecular complexity index is 650. The number of nitrogens with two attached hydrogens (primary N) is 1. The number of nitrogens with one attached hydrogen (secondary N) is 1. The Hall–Kier alpha value is -2.01. The van der Waals surface area contributed by atoms with Gasteiger partial charge in [-0.25, -0.2) is 0 Å². The van der Waals surface area contributed by atoms with Crippen LogP contribution >= 0.6 is 11.3 Å². The van der Waals surface area contributed by atoms with Gasteiger partial charge < -0.3 is 16.0 Å². The Morgan fingerprint density at radius 1 is 1.40 bits per heavy atom. The fraction of sp³-hybridized carbons (Fsp3) is 0.267. The van der Waals surface area contributed by atoms with Gasteiger partial charge in [0.15, 0.2) is 0 Å². The largest absolute Gasteiger partial charge is 0.397 e. The summed E-state index contributed by atoms with van der Waals surface area (Å²) >= 11 is 1.83. The van der Waals surface area contributed by atoms with E-state index in [9.17, 15) is 4.79 Å². The molecule has 0 unspecified atom stereocenters. The quantitative estimate of drug-likeness (QED) is 0.833. The number of rotatable bonds is 2. The predicted molar refractivity (Wildman–Crippen MR) is 83.3 cm³/mol. The minimum absolute atomic E-state index is 0.109. The van der Waals surface area contributed by atoms with Gasteiger partial charge >= 0.3 is 0 Å². The van der Waals surface area contributed by atoms with Crippen LogP contribution < -0.4 is 16.0 Å². The number of thiophene rings is 1. The van der Waals surface area contributed by atoms with Gasteiger partial charge in [-0.2, -0.15) is 0 Å². The third-order valence-electron chi connectivity index (χ3n) is 3.67. The van der Waals surface area contributed by atoms with Gasteiger partial charge in [-0.05, 0) is 41.6 Å². The average Bonchev–Trinajstić information content (AvgIpc) is 2.93. The Morgan fingerprint density at radius 3 is 3.00 bits per heavy atom. The summed E-state index contributed by atoms with van der Waals surface area (Å²) in [6, 6.07) is 7.70. The maximum atomic E-state index is 11.6. The molecular weight excluding hydrogens is 270 g/mol. The molecule has 0 spiro atoms. The number of carbonyl (C=O) groups excluding carboxylic acids is 1. The third kappa shape index (κ3) is 2.25. The van der Waals surface area contributed by atoms with Crippen molar-refractivity contribution in [2.75, 3.05) is 24.2 Å². The molecule has 2 heterocycles. The van der Waals surface area contributed by atoms with Crippen molar-refractivity contribution >= 4 is 28.6 Å². The molecule has 1 aliphatic heterocycles. The first kappa shape index (κ1) is 13.0. The monoisotopic (exact) mass is 287 g/mol. The number of hydrogen-bond donors (Lipinski definition) is 2. The first-order valence-corrected chi connectivity index (χ1v) is 7.49. The van der Waals surface area contributed by atoms with Crippen molar-refractivity contribution in [3.05, 3.63) is 45.6 Å². The Balaban J connectivity index is 1.87. The van der Waals surface area contributed by atoms with Crippen molar-refractivity contribution in [3.8, 4) is 0 Å². The Morgan fingerprint density at radius 2 is 2.25 bits per heavy atom. The van der Waals surface area contributed by atoms with Crippen LogP contribution in [-0.4, -0.2) is 19.5 Å². The molecule has 3 rings (SSSR count). The lowest BCUT2D eigenvalue weighted by atomic mass is 10.1. The zero-order valence-electron chi connectivity index (χ0n) is 11.3. The molecule has 3 N–H and O–H groups in total. The van der Waals surface area contributed by atoms with Gasteiger partial charge in [0.2, 0.25) is 0 Å². The number of nitrogens with zero attached hydrogens (tertiary/aromatic N) is 1. The summed E-state index contributed by atoms with van der Waals surface area (Å²) in [6.07, 6.45) is 1.06. The van der Waals surface area contributed by atoms with Crippen molar-refractivity contribution in [2.24, 2.45) is 0 Å². The summed E-state index contributed by atoms with van der Waals surface area (Å²) in [4.78, 5) is 15.4. The second kappa shape index (κ2) is 5.17. The molecule has 1 aromatic carbocycles. The standard InChI is InChI=1S/C15H17N3OS/c1-17-15(19)10-2-3-13(12(16)8-10)18-6-4-14-11(9-18)5-7-20-14/h2-3,5,7-8H,4,6,9,16H2,1H3,(H,17,19). The highest BCUT2D eigenvalue weighted by Crippen LogP contribution is 2.31. The van der Waals surface area contributed by atoms with Crippen LogP contribution in [0.3, 0.4) is 0 Å². The van der Waals surface area contributed by atoms with E-state index in [1.54, 1.807) is 13.1 Å². The molecule has 0 bridgehead atoms. The van der Waals surface area contributed by atoms with Crippen LogP contribution in [0.15, 0.2) is 29.6 Å². The van der Waals surface area contributed by atoms with E-state index in [4.69, 9.17) is 5.73 Å². The van der Waals surface area contributed by atoms with Gasteiger partial charge in [-0.15, -0.1) is 11.3 Å². The predicted octanol–water partition coefficient (Wildman–Crippen LogP) is 2.25. The molecule has 0 fully saturated rings. The molecule has 20 heavy (non-hydrogen) atoms. The Kier molecular flexibility index (Phi) is 3.36. The van der Waals surface area contributed by atoms with E-state index in [-0.39, 0.29) is 5.91 Å². The molecule has 0 radical (unpaired) electrons. The topological polar surface area (TPSA) is 58.4 Å². The third-order valence-corrected chi connectivity index (χ3v) is 4.69. The molecule has 5 heteroatoms. The van der Waals surface area contributed by atoms with Gasteiger partial charge in [0.05, 0.1) is 11.4 Å². The summed E-state index contributed by atoms with van der Waals surface area (Å²) < 4.78 is 0. The van der Waals surface area contributed by atoms with Crippen molar-refractivity contribution in [2.45, 2.75) is 13.0 Å². The highest BCUT2D eigenvalue weighted by atomic mass is 32.1. The number of hydrogen-bond acceptors (Lipinski definition) is 4. The van der Waals surface area contributed by atoms with Crippen molar-refractivity contribution in [3.63, 3.8) is 0 Å². The van der Waals surface area contributed by atoms with Gasteiger partial charge in [-0.1, -0.05) is 0 Å². The zero-order valence-corrected chi connectivity index (χ0v) is 12.2. The summed E-state index contributed by atoms with van der Waals surface area (Å²) in [5.41, 5.74) is 9.77. The second-order valence-electron chi connectivity index (χ2n) is 4.89. The number of anilines is 2. The first-order valence-electron chi connectivity index (χ1n) is 6.61. The number of benzene rings is 1. The van der Waals surface area contributed by atoms with Gasteiger partial charge in [0, 0.05) is 30.6 Å². The van der Waals surface area contributed by atoms with Gasteiger partial charge in [-0.3, -0.25) is 4.79 Å². The maximum absolute atomic E-state index is 11.6. The fourth-order valence-electron chi connectivity index (χ4n) is 2.58. The molecule has 1 amide bonds. The molecule has 1 aromatic heterocycles. The lowest BCUT2D eigenvalue weighted by Crippen LogP contribution is -2.30. The van der Waals surface area contributed by atoms with Crippen LogP contribution in [0.1, 0.15) is 20.8 Å². The van der Waals surface area contributed by atoms with Gasteiger partial charge in [0.25, 0.3) is 5.91 Å². The van der Waals surface area contributed by atoms with Gasteiger partial charge in [0.1, 0.15) is 0 Å². The first-order chi connectivity index (χ1) is 9.69. The molecule has 0 saturated heterocycles. The lowest BCUT2D eigenvalue weighted by molar-refractivity contribution is 0.0963. The van der Waals surface area contributed by atoms with Crippen LogP contribution in [-0.2, 0) is 13.0 Å². The highest BCUT2D eigenvalue weighted by Gasteiger charge is 2.19. The molecule has 0 atom stereocenters. The number of fused-ring (bicyclic) bond motifs is 1. The highest BCUT2D eigenvalue weighted by molar-refractivity contribution is 7.10. The SMILES string of the molecule is CNC(=O)c1ccc(N2CCc3sccc3C2)c(N)c1. The van der Waals surface area contributed by atoms with Crippen molar-refractivity contribution in [1.82, 2.24) is 5.32 Å². The van der Waals surface area contributed by atoms with E-state index in [0.29, 0.717) is 11.3 Å². The minimum Gasteiger partial charge on any atom is -0.397 e. The van der Waals surface area contributed by atoms with Crippen molar-refractivity contribution in [1.29, 1.82) is 0 Å². The van der Waals surface area contributed by atoms with Crippen LogP contribution in [0.4, 0.5) is 11.4 Å². The van der Waals surface area contributed by atoms with Crippen LogP contribution in [0.2, 0.25) is 0 Å². The number of carbonyl (C=O) groups is 1. The van der Waals surface area contributed by atoms with E-state index in [1.165, 1.54) is 10.4 Å². The molecule has 4 nitrogen and oxygen atoms in total. The summed E-state index contributed by atoms with van der Waals surface area (Å²) in [5, 5.41) is 4.76. The van der Waals surface area contributed by atoms with Crippen LogP contribution in [0.5, 0.6) is 0 Å². The fourth-order valence-corrected chi connectivity index (χ4v) is 3.47. The average molecular weight is 287 g/mol. The molecule has 2 aromatic rings. The maximum Gasteiger partial charge on any atom is 0.251 e. The Labute approximate surface area is 122 Å². The minimum atomic E-state index is -0.109. The van der Waals surface area contributed by atoms with Crippen LogP contribution in [0.25, 0.3) is 0 Å². The normalized spacial score (nSPS) is 13.9. The molecular formula is C15H17N3OS. The summed E-state index contributed by atoms with van der Waals surface area (Å²) in [7, 11) is 1.62. The lowest BCUT2D eigenvalue weighted by Gasteiger charge is -2.30. The smallest absolute Gasteiger partial charge is 0.251 e. The van der Waals surface area contributed by atoms with E-state index >= 15 is 0 Å². The number of nitrogen functional groups attached to an aromatic ring is 1. The van der Waals surface area contributed by atoms with Crippen LogP contribution in [0, 0.1) is 0 Å². The zero-order chi connectivity index (χ0) is 14.1. The van der Waals surface area contributed by atoms with E-state index in [0.717, 1.165) is 25.2 Å².